The molecule has 1 unspecified atom stereocenters. The molecule has 0 bridgehead atoms. The summed E-state index contributed by atoms with van der Waals surface area (Å²) in [5.74, 6) is -0.142. The predicted octanol–water partition coefficient (Wildman–Crippen LogP) is 2.65. The molecule has 0 aromatic heterocycles. The lowest BCUT2D eigenvalue weighted by molar-refractivity contribution is 0.127. The van der Waals surface area contributed by atoms with Crippen molar-refractivity contribution < 1.29 is 9.13 Å². The Hall–Kier alpha value is -0.930. The van der Waals surface area contributed by atoms with E-state index in [9.17, 15) is 4.39 Å². The second-order valence-corrected chi connectivity index (χ2v) is 4.02. The minimum absolute atomic E-state index is 0.142. The number of nitrogens with one attached hydrogen (secondary N) is 1. The fraction of sp³-hybridized carbons (Fsp3) is 0.538. The molecule has 90 valence electrons. The van der Waals surface area contributed by atoms with Crippen LogP contribution in [0.5, 0.6) is 0 Å². The summed E-state index contributed by atoms with van der Waals surface area (Å²) in [5.41, 5.74) is 1.65. The van der Waals surface area contributed by atoms with Gasteiger partial charge in [0.25, 0.3) is 0 Å². The fourth-order valence-corrected chi connectivity index (χ4v) is 1.39. The Morgan fingerprint density at radius 3 is 2.81 bits per heavy atom. The second-order valence-electron chi connectivity index (χ2n) is 4.02. The molecule has 0 aliphatic rings. The highest BCUT2D eigenvalue weighted by Crippen LogP contribution is 2.09. The molecule has 0 aliphatic carbocycles. The molecule has 0 aliphatic heterocycles. The van der Waals surface area contributed by atoms with Crippen molar-refractivity contribution in [3.63, 3.8) is 0 Å². The van der Waals surface area contributed by atoms with Gasteiger partial charge < -0.3 is 10.1 Å². The van der Waals surface area contributed by atoms with Crippen molar-refractivity contribution in [2.24, 2.45) is 0 Å². The van der Waals surface area contributed by atoms with Crippen molar-refractivity contribution in [2.45, 2.75) is 33.4 Å². The van der Waals surface area contributed by atoms with Gasteiger partial charge in [-0.25, -0.2) is 4.39 Å². The molecule has 0 amide bonds. The average molecular weight is 225 g/mol. The van der Waals surface area contributed by atoms with Gasteiger partial charge in [0.1, 0.15) is 5.82 Å². The van der Waals surface area contributed by atoms with Gasteiger partial charge in [0.05, 0.1) is 6.61 Å². The third-order valence-corrected chi connectivity index (χ3v) is 2.46. The number of ether oxygens (including phenoxy) is 1. The monoisotopic (exact) mass is 225 g/mol. The summed E-state index contributed by atoms with van der Waals surface area (Å²) in [5, 5.41) is 3.29. The molecule has 1 N–H and O–H groups in total. The Morgan fingerprint density at radius 1 is 1.44 bits per heavy atom. The van der Waals surface area contributed by atoms with E-state index in [-0.39, 0.29) is 11.9 Å². The number of aryl methyl sites for hydroxylation is 1. The summed E-state index contributed by atoms with van der Waals surface area (Å²) in [7, 11) is 0. The van der Waals surface area contributed by atoms with Gasteiger partial charge >= 0.3 is 0 Å². The lowest BCUT2D eigenvalue weighted by Gasteiger charge is -2.13. The molecule has 1 aromatic carbocycles. The van der Waals surface area contributed by atoms with Crippen LogP contribution in [0, 0.1) is 12.7 Å². The topological polar surface area (TPSA) is 21.3 Å². The quantitative estimate of drug-likeness (QED) is 0.803. The molecule has 1 atom stereocenters. The van der Waals surface area contributed by atoms with Gasteiger partial charge in [-0.1, -0.05) is 12.1 Å². The zero-order valence-corrected chi connectivity index (χ0v) is 10.2. The maximum Gasteiger partial charge on any atom is 0.126 e. The number of benzene rings is 1. The van der Waals surface area contributed by atoms with Gasteiger partial charge in [0.15, 0.2) is 0 Å². The highest BCUT2D eigenvalue weighted by atomic mass is 19.1. The first-order chi connectivity index (χ1) is 7.63. The number of hydrogen-bond acceptors (Lipinski definition) is 2. The van der Waals surface area contributed by atoms with Crippen LogP contribution in [0.2, 0.25) is 0 Å². The molecule has 2 nitrogen and oxygen atoms in total. The Morgan fingerprint density at radius 2 is 2.19 bits per heavy atom. The Balaban J connectivity index is 2.39. The van der Waals surface area contributed by atoms with Gasteiger partial charge in [0, 0.05) is 19.2 Å². The predicted molar refractivity (Wildman–Crippen MR) is 63.9 cm³/mol. The largest absolute Gasteiger partial charge is 0.380 e. The fourth-order valence-electron chi connectivity index (χ4n) is 1.39. The molecule has 0 fully saturated rings. The van der Waals surface area contributed by atoms with Crippen molar-refractivity contribution in [2.75, 3.05) is 13.2 Å². The normalized spacial score (nSPS) is 12.8. The van der Waals surface area contributed by atoms with E-state index in [1.807, 2.05) is 13.0 Å². The molecule has 0 radical (unpaired) electrons. The van der Waals surface area contributed by atoms with E-state index >= 15 is 0 Å². The van der Waals surface area contributed by atoms with Crippen LogP contribution >= 0.6 is 0 Å². The SMILES string of the molecule is CCOCC(C)NCc1ccc(C)c(F)c1. The molecule has 16 heavy (non-hydrogen) atoms. The number of halogens is 1. The summed E-state index contributed by atoms with van der Waals surface area (Å²) in [6.07, 6.45) is 0. The minimum Gasteiger partial charge on any atom is -0.380 e. The van der Waals surface area contributed by atoms with Gasteiger partial charge in [-0.15, -0.1) is 0 Å². The molecule has 0 saturated carbocycles. The number of rotatable bonds is 6. The van der Waals surface area contributed by atoms with Crippen molar-refractivity contribution in [1.82, 2.24) is 5.32 Å². The molecule has 0 saturated heterocycles. The summed E-state index contributed by atoms with van der Waals surface area (Å²) in [6, 6.07) is 5.61. The van der Waals surface area contributed by atoms with Crippen LogP contribution in [0.4, 0.5) is 4.39 Å². The van der Waals surface area contributed by atoms with E-state index in [4.69, 9.17) is 4.74 Å². The standard InChI is InChI=1S/C13H20FNO/c1-4-16-9-11(3)15-8-12-6-5-10(2)13(14)7-12/h5-7,11,15H,4,8-9H2,1-3H3. The van der Waals surface area contributed by atoms with Crippen molar-refractivity contribution in [3.8, 4) is 0 Å². The third kappa shape index (κ3) is 4.29. The van der Waals surface area contributed by atoms with Crippen LogP contribution in [0.25, 0.3) is 0 Å². The smallest absolute Gasteiger partial charge is 0.126 e. The van der Waals surface area contributed by atoms with E-state index in [2.05, 4.69) is 12.2 Å². The molecule has 3 heteroatoms. The molecule has 0 spiro atoms. The highest BCUT2D eigenvalue weighted by molar-refractivity contribution is 5.23. The molecular weight excluding hydrogens is 205 g/mol. The van der Waals surface area contributed by atoms with Crippen LogP contribution in [0.3, 0.4) is 0 Å². The van der Waals surface area contributed by atoms with E-state index in [1.54, 1.807) is 19.1 Å². The van der Waals surface area contributed by atoms with Crippen LogP contribution in [0.1, 0.15) is 25.0 Å². The van der Waals surface area contributed by atoms with Gasteiger partial charge in [0.2, 0.25) is 0 Å². The lowest BCUT2D eigenvalue weighted by atomic mass is 10.1. The summed E-state index contributed by atoms with van der Waals surface area (Å²) in [6.45, 7) is 7.88. The Kier molecular flexibility index (Phi) is 5.43. The average Bonchev–Trinajstić information content (AvgIpc) is 2.28. The molecular formula is C13H20FNO. The zero-order valence-electron chi connectivity index (χ0n) is 10.2. The maximum absolute atomic E-state index is 13.3. The van der Waals surface area contributed by atoms with Crippen LogP contribution in [-0.4, -0.2) is 19.3 Å². The summed E-state index contributed by atoms with van der Waals surface area (Å²) in [4.78, 5) is 0. The van der Waals surface area contributed by atoms with Crippen LogP contribution in [-0.2, 0) is 11.3 Å². The van der Waals surface area contributed by atoms with E-state index in [1.165, 1.54) is 0 Å². The first-order valence-corrected chi connectivity index (χ1v) is 5.69. The maximum atomic E-state index is 13.3. The lowest BCUT2D eigenvalue weighted by Crippen LogP contribution is -2.30. The van der Waals surface area contributed by atoms with Crippen molar-refractivity contribution in [3.05, 3.63) is 35.1 Å². The number of hydrogen-bond donors (Lipinski definition) is 1. The molecule has 1 rings (SSSR count). The Labute approximate surface area is 96.8 Å². The first kappa shape index (κ1) is 13.1. The van der Waals surface area contributed by atoms with Crippen molar-refractivity contribution in [1.29, 1.82) is 0 Å². The summed E-state index contributed by atoms with van der Waals surface area (Å²) < 4.78 is 18.5. The summed E-state index contributed by atoms with van der Waals surface area (Å²) >= 11 is 0. The van der Waals surface area contributed by atoms with E-state index in [0.717, 1.165) is 12.2 Å². The molecule has 1 aromatic rings. The minimum atomic E-state index is -0.142. The van der Waals surface area contributed by atoms with Crippen molar-refractivity contribution >= 4 is 0 Å². The van der Waals surface area contributed by atoms with Gasteiger partial charge in [-0.2, -0.15) is 0 Å². The third-order valence-electron chi connectivity index (χ3n) is 2.46. The first-order valence-electron chi connectivity index (χ1n) is 5.69. The van der Waals surface area contributed by atoms with E-state index in [0.29, 0.717) is 18.7 Å². The van der Waals surface area contributed by atoms with Gasteiger partial charge in [-0.05, 0) is 38.0 Å². The second kappa shape index (κ2) is 6.61. The van der Waals surface area contributed by atoms with Gasteiger partial charge in [-0.3, -0.25) is 0 Å². The Bertz CT molecular complexity index is 328. The van der Waals surface area contributed by atoms with Crippen LogP contribution in [0.15, 0.2) is 18.2 Å². The molecule has 0 heterocycles. The van der Waals surface area contributed by atoms with Crippen LogP contribution < -0.4 is 5.32 Å². The highest BCUT2D eigenvalue weighted by Gasteiger charge is 2.03. The van der Waals surface area contributed by atoms with E-state index < -0.39 is 0 Å². The zero-order chi connectivity index (χ0) is 12.0.